The first kappa shape index (κ1) is 22.7. The van der Waals surface area contributed by atoms with Crippen LogP contribution >= 0.6 is 0 Å². The van der Waals surface area contributed by atoms with Crippen LogP contribution in [0.5, 0.6) is 0 Å². The fourth-order valence-electron chi connectivity index (χ4n) is 5.16. The molecule has 8 heteroatoms. The van der Waals surface area contributed by atoms with Gasteiger partial charge in [-0.25, -0.2) is 4.98 Å². The van der Waals surface area contributed by atoms with Crippen LogP contribution < -0.4 is 5.32 Å². The van der Waals surface area contributed by atoms with Crippen molar-refractivity contribution in [2.45, 2.75) is 38.3 Å². The predicted octanol–water partition coefficient (Wildman–Crippen LogP) is 4.43. The highest BCUT2D eigenvalue weighted by atomic mass is 16.5. The van der Waals surface area contributed by atoms with Gasteiger partial charge in [0.2, 0.25) is 0 Å². The van der Waals surface area contributed by atoms with E-state index >= 15 is 0 Å². The van der Waals surface area contributed by atoms with Crippen molar-refractivity contribution in [2.75, 3.05) is 25.5 Å². The Morgan fingerprint density at radius 1 is 1.17 bits per heavy atom. The van der Waals surface area contributed by atoms with Gasteiger partial charge in [-0.3, -0.25) is 14.8 Å². The molecular weight excluding hydrogens is 452 g/mol. The summed E-state index contributed by atoms with van der Waals surface area (Å²) in [5, 5.41) is 4.58. The molecule has 0 spiro atoms. The standard InChI is InChI=1S/C28H30N6O2/c1-17-4-3-5-25(32-17)27-26(30-16-31-27)18-6-7-24-19(10-18)11-22(14-29-24)33-21-12-20(13-21)28(35)36-23-8-9-34(2)15-23/h3-7,10-11,14,16,20-21,23,33H,8-9,12-13,15H2,1-2H3,(H,30,31)/t20-,21+,23-/m1/s1. The average Bonchev–Trinajstić information content (AvgIpc) is 3.49. The van der Waals surface area contributed by atoms with E-state index in [4.69, 9.17) is 4.74 Å². The molecule has 0 unspecified atom stereocenters. The van der Waals surface area contributed by atoms with E-state index in [1.807, 2.05) is 43.5 Å². The molecule has 1 aromatic carbocycles. The van der Waals surface area contributed by atoms with Crippen molar-refractivity contribution in [3.8, 4) is 22.6 Å². The van der Waals surface area contributed by atoms with E-state index in [9.17, 15) is 4.79 Å². The summed E-state index contributed by atoms with van der Waals surface area (Å²) in [5.41, 5.74) is 6.48. The number of likely N-dealkylation sites (tertiary alicyclic amines) is 1. The zero-order chi connectivity index (χ0) is 24.6. The molecule has 1 aliphatic carbocycles. The highest BCUT2D eigenvalue weighted by molar-refractivity contribution is 5.88. The lowest BCUT2D eigenvalue weighted by molar-refractivity contribution is -0.156. The lowest BCUT2D eigenvalue weighted by Crippen LogP contribution is -2.41. The van der Waals surface area contributed by atoms with Crippen LogP contribution in [-0.2, 0) is 9.53 Å². The fraction of sp³-hybridized carbons (Fsp3) is 0.357. The predicted molar refractivity (Wildman–Crippen MR) is 139 cm³/mol. The van der Waals surface area contributed by atoms with Gasteiger partial charge in [-0.1, -0.05) is 12.1 Å². The number of rotatable bonds is 6. The molecule has 1 aliphatic heterocycles. The molecule has 0 radical (unpaired) electrons. The second-order valence-corrected chi connectivity index (χ2v) is 10.0. The number of aryl methyl sites for hydroxylation is 1. The number of aromatic amines is 1. The van der Waals surface area contributed by atoms with Gasteiger partial charge in [0.25, 0.3) is 0 Å². The van der Waals surface area contributed by atoms with Crippen molar-refractivity contribution in [1.29, 1.82) is 0 Å². The number of imidazole rings is 1. The molecule has 0 amide bonds. The van der Waals surface area contributed by atoms with Crippen LogP contribution in [0.4, 0.5) is 5.69 Å². The summed E-state index contributed by atoms with van der Waals surface area (Å²) in [6, 6.07) is 14.5. The highest BCUT2D eigenvalue weighted by Crippen LogP contribution is 2.34. The third kappa shape index (κ3) is 4.56. The maximum atomic E-state index is 12.5. The Hall–Kier alpha value is -3.78. The van der Waals surface area contributed by atoms with Crippen molar-refractivity contribution in [3.05, 3.63) is 60.7 Å². The molecule has 3 aromatic heterocycles. The Balaban J connectivity index is 1.14. The number of esters is 1. The third-order valence-electron chi connectivity index (χ3n) is 7.21. The minimum Gasteiger partial charge on any atom is -0.461 e. The largest absolute Gasteiger partial charge is 0.461 e. The SMILES string of the molecule is Cc1cccc(-c2[nH]cnc2-c2ccc3ncc(N[C@H]4C[C@@H](C(=O)O[C@@H]5CCN(C)C5)C4)cc3c2)n1. The molecule has 2 aliphatic rings. The summed E-state index contributed by atoms with van der Waals surface area (Å²) in [6.45, 7) is 3.82. The van der Waals surface area contributed by atoms with Crippen LogP contribution in [0.25, 0.3) is 33.5 Å². The second-order valence-electron chi connectivity index (χ2n) is 10.0. The van der Waals surface area contributed by atoms with Crippen LogP contribution in [0.2, 0.25) is 0 Å². The van der Waals surface area contributed by atoms with E-state index in [1.54, 1.807) is 6.33 Å². The minimum absolute atomic E-state index is 0.0123. The van der Waals surface area contributed by atoms with E-state index in [2.05, 4.69) is 49.3 Å². The molecule has 2 N–H and O–H groups in total. The van der Waals surface area contributed by atoms with Gasteiger partial charge in [-0.2, -0.15) is 0 Å². The number of hydrogen-bond acceptors (Lipinski definition) is 7. The van der Waals surface area contributed by atoms with E-state index in [-0.39, 0.29) is 24.0 Å². The third-order valence-corrected chi connectivity index (χ3v) is 7.21. The molecule has 8 nitrogen and oxygen atoms in total. The van der Waals surface area contributed by atoms with Gasteiger partial charge in [-0.15, -0.1) is 0 Å². The van der Waals surface area contributed by atoms with Crippen molar-refractivity contribution in [3.63, 3.8) is 0 Å². The summed E-state index contributed by atoms with van der Waals surface area (Å²) >= 11 is 0. The van der Waals surface area contributed by atoms with Gasteiger partial charge in [0.15, 0.2) is 0 Å². The molecule has 1 saturated carbocycles. The van der Waals surface area contributed by atoms with Crippen LogP contribution in [0.3, 0.4) is 0 Å². The van der Waals surface area contributed by atoms with Gasteiger partial charge in [0.1, 0.15) is 6.10 Å². The number of nitrogens with zero attached hydrogens (tertiary/aromatic N) is 4. The molecule has 4 aromatic rings. The van der Waals surface area contributed by atoms with Crippen molar-refractivity contribution >= 4 is 22.6 Å². The van der Waals surface area contributed by atoms with Crippen molar-refractivity contribution < 1.29 is 9.53 Å². The number of H-pyrrole nitrogens is 1. The van der Waals surface area contributed by atoms with Gasteiger partial charge >= 0.3 is 5.97 Å². The Morgan fingerprint density at radius 2 is 2.06 bits per heavy atom. The van der Waals surface area contributed by atoms with Crippen LogP contribution in [0, 0.1) is 12.8 Å². The van der Waals surface area contributed by atoms with Crippen molar-refractivity contribution in [2.24, 2.45) is 5.92 Å². The molecule has 36 heavy (non-hydrogen) atoms. The molecule has 6 rings (SSSR count). The molecule has 4 heterocycles. The molecule has 184 valence electrons. The first-order valence-electron chi connectivity index (χ1n) is 12.5. The number of anilines is 1. The molecule has 1 saturated heterocycles. The molecule has 1 atom stereocenters. The van der Waals surface area contributed by atoms with E-state index in [0.29, 0.717) is 0 Å². The first-order valence-corrected chi connectivity index (χ1v) is 12.5. The zero-order valence-electron chi connectivity index (χ0n) is 20.6. The van der Waals surface area contributed by atoms with Gasteiger partial charge in [0.05, 0.1) is 46.7 Å². The molecule has 0 bridgehead atoms. The summed E-state index contributed by atoms with van der Waals surface area (Å²) in [6.07, 6.45) is 6.13. The number of nitrogens with one attached hydrogen (secondary N) is 2. The number of fused-ring (bicyclic) bond motifs is 1. The van der Waals surface area contributed by atoms with Crippen LogP contribution in [0.15, 0.2) is 55.0 Å². The Kier molecular flexibility index (Phi) is 5.89. The average molecular weight is 483 g/mol. The van der Waals surface area contributed by atoms with Crippen molar-refractivity contribution in [1.82, 2.24) is 24.8 Å². The number of aromatic nitrogens is 4. The first-order chi connectivity index (χ1) is 17.5. The smallest absolute Gasteiger partial charge is 0.309 e. The fourth-order valence-corrected chi connectivity index (χ4v) is 5.16. The zero-order valence-corrected chi connectivity index (χ0v) is 20.6. The minimum atomic E-state index is -0.0486. The lowest BCUT2D eigenvalue weighted by atomic mass is 9.80. The second kappa shape index (κ2) is 9.35. The van der Waals surface area contributed by atoms with E-state index in [1.165, 1.54) is 0 Å². The summed E-state index contributed by atoms with van der Waals surface area (Å²) in [4.78, 5) is 31.8. The Bertz CT molecular complexity index is 1410. The van der Waals surface area contributed by atoms with E-state index in [0.717, 1.165) is 77.3 Å². The number of pyridine rings is 2. The van der Waals surface area contributed by atoms with Crippen LogP contribution in [-0.4, -0.2) is 63.1 Å². The summed E-state index contributed by atoms with van der Waals surface area (Å²) < 4.78 is 5.70. The number of carbonyl (C=O) groups excluding carboxylic acids is 1. The number of ether oxygens (including phenoxy) is 1. The Labute approximate surface area is 210 Å². The molecule has 2 fully saturated rings. The topological polar surface area (TPSA) is 96.0 Å². The summed E-state index contributed by atoms with van der Waals surface area (Å²) in [7, 11) is 2.06. The van der Waals surface area contributed by atoms with Gasteiger partial charge in [-0.05, 0) is 63.6 Å². The Morgan fingerprint density at radius 3 is 2.86 bits per heavy atom. The summed E-state index contributed by atoms with van der Waals surface area (Å²) in [5.74, 6) is -0.0609. The van der Waals surface area contributed by atoms with E-state index < -0.39 is 0 Å². The number of hydrogen-bond donors (Lipinski definition) is 2. The van der Waals surface area contributed by atoms with Gasteiger partial charge < -0.3 is 19.9 Å². The lowest BCUT2D eigenvalue weighted by Gasteiger charge is -2.35. The normalized spacial score (nSPS) is 21.9. The number of likely N-dealkylation sites (N-methyl/N-ethyl adjacent to an activating group) is 1. The molecular formula is C28H30N6O2. The van der Waals surface area contributed by atoms with Crippen LogP contribution in [0.1, 0.15) is 25.0 Å². The monoisotopic (exact) mass is 482 g/mol. The quantitative estimate of drug-likeness (QED) is 0.393. The number of benzene rings is 1. The maximum absolute atomic E-state index is 12.5. The number of carbonyl (C=O) groups is 1. The maximum Gasteiger partial charge on any atom is 0.309 e. The highest BCUT2D eigenvalue weighted by Gasteiger charge is 2.37. The van der Waals surface area contributed by atoms with Gasteiger partial charge in [0, 0.05) is 35.8 Å².